The van der Waals surface area contributed by atoms with Gasteiger partial charge in [-0.1, -0.05) is 6.92 Å². The molecule has 4 heteroatoms. The van der Waals surface area contributed by atoms with E-state index in [1.807, 2.05) is 0 Å². The lowest BCUT2D eigenvalue weighted by Gasteiger charge is -2.37. The van der Waals surface area contributed by atoms with Crippen LogP contribution in [0.3, 0.4) is 0 Å². The minimum absolute atomic E-state index is 0.118. The summed E-state index contributed by atoms with van der Waals surface area (Å²) in [5.41, 5.74) is 6.21. The topological polar surface area (TPSA) is 47.7 Å². The van der Waals surface area contributed by atoms with E-state index in [9.17, 15) is 0 Å². The maximum Gasteiger partial charge on any atom is 0.0702 e. The van der Waals surface area contributed by atoms with Crippen molar-refractivity contribution in [3.05, 3.63) is 0 Å². The van der Waals surface area contributed by atoms with E-state index >= 15 is 0 Å². The molecule has 2 aliphatic rings. The molecule has 17 heavy (non-hydrogen) atoms. The van der Waals surface area contributed by atoms with Crippen LogP contribution in [0.25, 0.3) is 0 Å². The maximum absolute atomic E-state index is 6.33. The Hall–Kier alpha value is -0.160. The molecule has 0 spiro atoms. The fourth-order valence-corrected chi connectivity index (χ4v) is 2.77. The molecule has 100 valence electrons. The van der Waals surface area contributed by atoms with Gasteiger partial charge < -0.3 is 15.2 Å². The van der Waals surface area contributed by atoms with Crippen molar-refractivity contribution in [1.29, 1.82) is 0 Å². The van der Waals surface area contributed by atoms with Gasteiger partial charge in [0.05, 0.1) is 18.2 Å². The lowest BCUT2D eigenvalue weighted by molar-refractivity contribution is -0.00597. The van der Waals surface area contributed by atoms with Crippen molar-refractivity contribution in [2.75, 3.05) is 39.5 Å². The molecule has 0 bridgehead atoms. The minimum Gasteiger partial charge on any atom is -0.379 e. The van der Waals surface area contributed by atoms with E-state index in [2.05, 4.69) is 11.8 Å². The highest BCUT2D eigenvalue weighted by Crippen LogP contribution is 2.20. The van der Waals surface area contributed by atoms with E-state index in [1.54, 1.807) is 0 Å². The van der Waals surface area contributed by atoms with E-state index in [0.29, 0.717) is 12.7 Å². The third kappa shape index (κ3) is 3.91. The van der Waals surface area contributed by atoms with Gasteiger partial charge in [0, 0.05) is 26.3 Å². The molecule has 0 radical (unpaired) electrons. The number of hydrogen-bond acceptors (Lipinski definition) is 4. The van der Waals surface area contributed by atoms with Crippen molar-refractivity contribution >= 4 is 0 Å². The Bertz CT molecular complexity index is 229. The number of nitrogens with zero attached hydrogens (tertiary/aromatic N) is 1. The Morgan fingerprint density at radius 2 is 2.41 bits per heavy atom. The van der Waals surface area contributed by atoms with Gasteiger partial charge in [-0.05, 0) is 32.2 Å². The van der Waals surface area contributed by atoms with E-state index in [1.165, 1.54) is 12.8 Å². The molecule has 2 heterocycles. The molecule has 0 aromatic heterocycles. The van der Waals surface area contributed by atoms with E-state index in [4.69, 9.17) is 15.2 Å². The van der Waals surface area contributed by atoms with Crippen LogP contribution in [-0.4, -0.2) is 56.0 Å². The Labute approximate surface area is 104 Å². The lowest BCUT2D eigenvalue weighted by Crippen LogP contribution is -2.53. The second kappa shape index (κ2) is 6.14. The van der Waals surface area contributed by atoms with Gasteiger partial charge in [0.15, 0.2) is 0 Å². The molecule has 2 unspecified atom stereocenters. The van der Waals surface area contributed by atoms with Crippen LogP contribution in [0, 0.1) is 0 Å². The van der Waals surface area contributed by atoms with Gasteiger partial charge in [-0.15, -0.1) is 0 Å². The molecule has 0 aromatic rings. The first kappa shape index (κ1) is 13.3. The van der Waals surface area contributed by atoms with Gasteiger partial charge in [0.25, 0.3) is 0 Å². The van der Waals surface area contributed by atoms with E-state index < -0.39 is 0 Å². The van der Waals surface area contributed by atoms with Gasteiger partial charge >= 0.3 is 0 Å². The summed E-state index contributed by atoms with van der Waals surface area (Å²) in [5, 5.41) is 0. The van der Waals surface area contributed by atoms with Crippen LogP contribution in [0.1, 0.15) is 32.6 Å². The first-order chi connectivity index (χ1) is 8.22. The fourth-order valence-electron chi connectivity index (χ4n) is 2.77. The van der Waals surface area contributed by atoms with Crippen molar-refractivity contribution in [2.24, 2.45) is 5.73 Å². The number of ether oxygens (including phenoxy) is 2. The number of hydrogen-bond donors (Lipinski definition) is 1. The smallest absolute Gasteiger partial charge is 0.0702 e. The molecule has 0 aromatic carbocycles. The highest BCUT2D eigenvalue weighted by atomic mass is 16.5. The third-order valence-electron chi connectivity index (χ3n) is 3.69. The van der Waals surface area contributed by atoms with Gasteiger partial charge in [0.1, 0.15) is 0 Å². The molecule has 2 fully saturated rings. The molecule has 0 saturated carbocycles. The second-order valence-corrected chi connectivity index (χ2v) is 5.54. The van der Waals surface area contributed by atoms with Crippen molar-refractivity contribution in [3.63, 3.8) is 0 Å². The first-order valence-electron chi connectivity index (χ1n) is 6.92. The van der Waals surface area contributed by atoms with Crippen LogP contribution in [0.5, 0.6) is 0 Å². The zero-order valence-electron chi connectivity index (χ0n) is 11.0. The summed E-state index contributed by atoms with van der Waals surface area (Å²) >= 11 is 0. The summed E-state index contributed by atoms with van der Waals surface area (Å²) in [4.78, 5) is 2.46. The van der Waals surface area contributed by atoms with Gasteiger partial charge in [-0.2, -0.15) is 0 Å². The number of piperidine rings is 1. The zero-order chi connectivity index (χ0) is 12.1. The molecular weight excluding hydrogens is 216 g/mol. The average Bonchev–Trinajstić information content (AvgIpc) is 2.73. The molecular formula is C13H26N2O2. The van der Waals surface area contributed by atoms with Crippen molar-refractivity contribution < 1.29 is 9.47 Å². The normalized spacial score (nSPS) is 35.3. The van der Waals surface area contributed by atoms with E-state index in [-0.39, 0.29) is 5.54 Å². The number of likely N-dealkylation sites (tertiary alicyclic amines) is 1. The third-order valence-corrected chi connectivity index (χ3v) is 3.69. The van der Waals surface area contributed by atoms with E-state index in [0.717, 1.165) is 45.7 Å². The Balaban J connectivity index is 1.76. The summed E-state index contributed by atoms with van der Waals surface area (Å²) in [7, 11) is 0. The Morgan fingerprint density at radius 3 is 3.12 bits per heavy atom. The predicted molar refractivity (Wildman–Crippen MR) is 68.1 cm³/mol. The monoisotopic (exact) mass is 242 g/mol. The first-order valence-corrected chi connectivity index (χ1v) is 6.92. The number of rotatable bonds is 5. The predicted octanol–water partition coefficient (Wildman–Crippen LogP) is 0.995. The Kier molecular flexibility index (Phi) is 4.79. The Morgan fingerprint density at radius 1 is 1.53 bits per heavy atom. The lowest BCUT2D eigenvalue weighted by atomic mass is 9.97. The van der Waals surface area contributed by atoms with Crippen LogP contribution in [-0.2, 0) is 9.47 Å². The summed E-state index contributed by atoms with van der Waals surface area (Å²) in [5.74, 6) is 0. The largest absolute Gasteiger partial charge is 0.379 e. The average molecular weight is 242 g/mol. The van der Waals surface area contributed by atoms with Gasteiger partial charge in [-0.25, -0.2) is 0 Å². The summed E-state index contributed by atoms with van der Waals surface area (Å²) in [6.07, 6.45) is 4.93. The van der Waals surface area contributed by atoms with Crippen molar-refractivity contribution in [2.45, 2.75) is 44.2 Å². The van der Waals surface area contributed by atoms with Crippen LogP contribution < -0.4 is 5.73 Å². The van der Waals surface area contributed by atoms with Crippen LogP contribution in [0.15, 0.2) is 0 Å². The van der Waals surface area contributed by atoms with Gasteiger partial charge in [0.2, 0.25) is 0 Å². The van der Waals surface area contributed by atoms with Gasteiger partial charge in [-0.3, -0.25) is 4.90 Å². The zero-order valence-corrected chi connectivity index (χ0v) is 11.0. The van der Waals surface area contributed by atoms with Crippen molar-refractivity contribution in [3.8, 4) is 0 Å². The molecule has 2 saturated heterocycles. The fraction of sp³-hybridized carbons (Fsp3) is 1.00. The summed E-state index contributed by atoms with van der Waals surface area (Å²) in [6, 6.07) is 0. The maximum atomic E-state index is 6.33. The molecule has 2 aliphatic heterocycles. The molecule has 2 N–H and O–H groups in total. The van der Waals surface area contributed by atoms with Crippen LogP contribution in [0.2, 0.25) is 0 Å². The SMILES string of the molecule is CCCOC1CCCN(CC2(N)CCOC2)C1. The highest BCUT2D eigenvalue weighted by molar-refractivity contribution is 4.92. The summed E-state index contributed by atoms with van der Waals surface area (Å²) < 4.78 is 11.3. The minimum atomic E-state index is -0.118. The van der Waals surface area contributed by atoms with Crippen molar-refractivity contribution in [1.82, 2.24) is 4.90 Å². The molecule has 0 aliphatic carbocycles. The highest BCUT2D eigenvalue weighted by Gasteiger charge is 2.34. The van der Waals surface area contributed by atoms with Crippen LogP contribution >= 0.6 is 0 Å². The molecule has 2 rings (SSSR count). The van der Waals surface area contributed by atoms with Crippen LogP contribution in [0.4, 0.5) is 0 Å². The molecule has 0 amide bonds. The molecule has 4 nitrogen and oxygen atoms in total. The molecule has 2 atom stereocenters. The quantitative estimate of drug-likeness (QED) is 0.781. The standard InChI is InChI=1S/C13H26N2O2/c1-2-7-17-12-4-3-6-15(9-12)10-13(14)5-8-16-11-13/h12H,2-11,14H2,1H3. The summed E-state index contributed by atoms with van der Waals surface area (Å²) in [6.45, 7) is 7.73. The second-order valence-electron chi connectivity index (χ2n) is 5.54. The number of nitrogens with two attached hydrogens (primary N) is 1.